The molecule has 21 heavy (non-hydrogen) atoms. The van der Waals surface area contributed by atoms with Crippen molar-refractivity contribution in [2.24, 2.45) is 0 Å². The molecule has 1 atom stereocenters. The van der Waals surface area contributed by atoms with Gasteiger partial charge < -0.3 is 5.11 Å². The lowest BCUT2D eigenvalue weighted by atomic mass is 9.78. The smallest absolute Gasteiger partial charge is 0.115 e. The second-order valence-corrected chi connectivity index (χ2v) is 6.28. The number of benzene rings is 2. The van der Waals surface area contributed by atoms with E-state index in [1.807, 2.05) is 12.1 Å². The number of aromatic hydroxyl groups is 1. The molecule has 1 saturated carbocycles. The minimum atomic E-state index is 0.378. The summed E-state index contributed by atoms with van der Waals surface area (Å²) in [5.74, 6) is 1.40. The van der Waals surface area contributed by atoms with Crippen LogP contribution in [0, 0.1) is 0 Å². The van der Waals surface area contributed by atoms with Crippen LogP contribution in [0.2, 0.25) is 0 Å². The molecule has 2 aromatic rings. The molecule has 1 nitrogen and oxygen atoms in total. The van der Waals surface area contributed by atoms with Gasteiger partial charge in [0.25, 0.3) is 0 Å². The van der Waals surface area contributed by atoms with E-state index in [4.69, 9.17) is 0 Å². The minimum absolute atomic E-state index is 0.378. The molecule has 3 rings (SSSR count). The maximum atomic E-state index is 9.92. The van der Waals surface area contributed by atoms with E-state index >= 15 is 0 Å². The predicted octanol–water partition coefficient (Wildman–Crippen LogP) is 5.59. The van der Waals surface area contributed by atoms with E-state index in [1.165, 1.54) is 48.8 Å². The minimum Gasteiger partial charge on any atom is -0.508 e. The standard InChI is InChI=1S/C20H24O/c1-15(16-8-4-2-5-9-16)19-13-12-18(21)14-20(19)17-10-6-3-7-11-17/h2,4-5,8-9,12-15,17,21H,3,6-7,10-11H2,1H3. The summed E-state index contributed by atoms with van der Waals surface area (Å²) in [6.07, 6.45) is 6.52. The van der Waals surface area contributed by atoms with Gasteiger partial charge in [0.05, 0.1) is 0 Å². The zero-order chi connectivity index (χ0) is 14.7. The summed E-state index contributed by atoms with van der Waals surface area (Å²) in [5.41, 5.74) is 4.09. The van der Waals surface area contributed by atoms with Crippen molar-refractivity contribution in [1.82, 2.24) is 0 Å². The Bertz CT molecular complexity index is 582. The lowest BCUT2D eigenvalue weighted by molar-refractivity contribution is 0.435. The van der Waals surface area contributed by atoms with Gasteiger partial charge in [-0.1, -0.05) is 62.6 Å². The predicted molar refractivity (Wildman–Crippen MR) is 87.9 cm³/mol. The van der Waals surface area contributed by atoms with Gasteiger partial charge in [-0.3, -0.25) is 0 Å². The Balaban J connectivity index is 1.97. The molecule has 1 aliphatic rings. The maximum absolute atomic E-state index is 9.92. The van der Waals surface area contributed by atoms with E-state index in [2.05, 4.69) is 43.3 Å². The van der Waals surface area contributed by atoms with Gasteiger partial charge in [-0.25, -0.2) is 0 Å². The van der Waals surface area contributed by atoms with Crippen molar-refractivity contribution < 1.29 is 5.11 Å². The third kappa shape index (κ3) is 3.12. The lowest BCUT2D eigenvalue weighted by Crippen LogP contribution is -2.09. The van der Waals surface area contributed by atoms with Crippen molar-refractivity contribution in [3.05, 3.63) is 65.2 Å². The van der Waals surface area contributed by atoms with Crippen molar-refractivity contribution in [3.8, 4) is 5.75 Å². The molecule has 0 amide bonds. The van der Waals surface area contributed by atoms with Gasteiger partial charge >= 0.3 is 0 Å². The van der Waals surface area contributed by atoms with Crippen LogP contribution in [-0.4, -0.2) is 5.11 Å². The second kappa shape index (κ2) is 6.34. The molecule has 2 aromatic carbocycles. The first-order valence-electron chi connectivity index (χ1n) is 8.13. The summed E-state index contributed by atoms with van der Waals surface area (Å²) >= 11 is 0. The molecule has 0 spiro atoms. The van der Waals surface area contributed by atoms with E-state index in [0.717, 1.165) is 0 Å². The summed E-state index contributed by atoms with van der Waals surface area (Å²) < 4.78 is 0. The zero-order valence-electron chi connectivity index (χ0n) is 12.8. The average molecular weight is 280 g/mol. The molecular weight excluding hydrogens is 256 g/mol. The number of phenolic OH excluding ortho intramolecular Hbond substituents is 1. The summed E-state index contributed by atoms with van der Waals surface area (Å²) in [4.78, 5) is 0. The van der Waals surface area contributed by atoms with Crippen molar-refractivity contribution in [3.63, 3.8) is 0 Å². The van der Waals surface area contributed by atoms with Crippen LogP contribution in [0.3, 0.4) is 0 Å². The first-order valence-corrected chi connectivity index (χ1v) is 8.13. The topological polar surface area (TPSA) is 20.2 Å². The molecule has 1 N–H and O–H groups in total. The lowest BCUT2D eigenvalue weighted by Gasteiger charge is -2.27. The molecule has 1 heteroatoms. The van der Waals surface area contributed by atoms with Crippen LogP contribution in [0.15, 0.2) is 48.5 Å². The number of phenols is 1. The molecule has 0 aromatic heterocycles. The van der Waals surface area contributed by atoms with E-state index in [-0.39, 0.29) is 0 Å². The van der Waals surface area contributed by atoms with Gasteiger partial charge in [-0.2, -0.15) is 0 Å². The van der Waals surface area contributed by atoms with Gasteiger partial charge in [0.1, 0.15) is 5.75 Å². The van der Waals surface area contributed by atoms with Crippen molar-refractivity contribution in [2.75, 3.05) is 0 Å². The van der Waals surface area contributed by atoms with Gasteiger partial charge in [0.15, 0.2) is 0 Å². The Hall–Kier alpha value is -1.76. The van der Waals surface area contributed by atoms with Gasteiger partial charge in [-0.05, 0) is 47.6 Å². The highest BCUT2D eigenvalue weighted by atomic mass is 16.3. The summed E-state index contributed by atoms with van der Waals surface area (Å²) in [6, 6.07) is 16.6. The Morgan fingerprint density at radius 1 is 0.952 bits per heavy atom. The molecule has 0 saturated heterocycles. The molecule has 1 fully saturated rings. The van der Waals surface area contributed by atoms with E-state index in [0.29, 0.717) is 17.6 Å². The molecule has 0 heterocycles. The second-order valence-electron chi connectivity index (χ2n) is 6.28. The Morgan fingerprint density at radius 2 is 1.67 bits per heavy atom. The molecule has 1 aliphatic carbocycles. The molecule has 0 bridgehead atoms. The van der Waals surface area contributed by atoms with Crippen molar-refractivity contribution in [2.45, 2.75) is 50.9 Å². The fourth-order valence-corrected chi connectivity index (χ4v) is 3.64. The van der Waals surface area contributed by atoms with Crippen LogP contribution < -0.4 is 0 Å². The Morgan fingerprint density at radius 3 is 2.38 bits per heavy atom. The molecule has 0 aliphatic heterocycles. The summed E-state index contributed by atoms with van der Waals surface area (Å²) in [6.45, 7) is 2.27. The zero-order valence-corrected chi connectivity index (χ0v) is 12.8. The third-order valence-corrected chi connectivity index (χ3v) is 4.88. The maximum Gasteiger partial charge on any atom is 0.115 e. The largest absolute Gasteiger partial charge is 0.508 e. The monoisotopic (exact) mass is 280 g/mol. The highest BCUT2D eigenvalue weighted by molar-refractivity contribution is 5.43. The van der Waals surface area contributed by atoms with Crippen LogP contribution in [0.5, 0.6) is 5.75 Å². The van der Waals surface area contributed by atoms with Gasteiger partial charge in [-0.15, -0.1) is 0 Å². The highest BCUT2D eigenvalue weighted by Gasteiger charge is 2.21. The number of rotatable bonds is 3. The SMILES string of the molecule is CC(c1ccccc1)c1ccc(O)cc1C1CCCCC1. The van der Waals surface area contributed by atoms with Crippen molar-refractivity contribution in [1.29, 1.82) is 0 Å². The van der Waals surface area contributed by atoms with Crippen LogP contribution in [-0.2, 0) is 0 Å². The van der Waals surface area contributed by atoms with E-state index < -0.39 is 0 Å². The Kier molecular flexibility index (Phi) is 4.28. The highest BCUT2D eigenvalue weighted by Crippen LogP contribution is 2.39. The average Bonchev–Trinajstić information content (AvgIpc) is 2.56. The molecule has 1 unspecified atom stereocenters. The van der Waals surface area contributed by atoms with Gasteiger partial charge in [0, 0.05) is 5.92 Å². The quantitative estimate of drug-likeness (QED) is 0.776. The van der Waals surface area contributed by atoms with Crippen LogP contribution in [0.1, 0.15) is 67.6 Å². The van der Waals surface area contributed by atoms with Crippen molar-refractivity contribution >= 4 is 0 Å². The summed E-state index contributed by atoms with van der Waals surface area (Å²) in [7, 11) is 0. The van der Waals surface area contributed by atoms with Crippen LogP contribution >= 0.6 is 0 Å². The first kappa shape index (κ1) is 14.2. The molecular formula is C20H24O. The number of hydrogen-bond donors (Lipinski definition) is 1. The van der Waals surface area contributed by atoms with E-state index in [9.17, 15) is 5.11 Å². The number of hydrogen-bond acceptors (Lipinski definition) is 1. The van der Waals surface area contributed by atoms with E-state index in [1.54, 1.807) is 0 Å². The fourth-order valence-electron chi connectivity index (χ4n) is 3.64. The van der Waals surface area contributed by atoms with Gasteiger partial charge in [0.2, 0.25) is 0 Å². The molecule has 0 radical (unpaired) electrons. The fraction of sp³-hybridized carbons (Fsp3) is 0.400. The molecule has 110 valence electrons. The van der Waals surface area contributed by atoms with Crippen LogP contribution in [0.4, 0.5) is 0 Å². The third-order valence-electron chi connectivity index (χ3n) is 4.88. The Labute approximate surface area is 127 Å². The normalized spacial score (nSPS) is 17.6. The summed E-state index contributed by atoms with van der Waals surface area (Å²) in [5, 5.41) is 9.92. The van der Waals surface area contributed by atoms with Crippen LogP contribution in [0.25, 0.3) is 0 Å². The first-order chi connectivity index (χ1) is 10.3.